The molecule has 2 N–H and O–H groups in total. The third-order valence-corrected chi connectivity index (χ3v) is 2.22. The summed E-state index contributed by atoms with van der Waals surface area (Å²) in [6, 6.07) is -0.641. The first-order chi connectivity index (χ1) is 7.84. The van der Waals surface area contributed by atoms with Gasteiger partial charge in [-0.15, -0.1) is 5.10 Å². The molecule has 0 saturated heterocycles. The molecule has 0 saturated carbocycles. The molecule has 0 aliphatic carbocycles. The van der Waals surface area contributed by atoms with Gasteiger partial charge in [0.2, 0.25) is 0 Å². The highest BCUT2D eigenvalue weighted by Gasteiger charge is 2.23. The molecule has 1 aromatic heterocycles. The van der Waals surface area contributed by atoms with E-state index >= 15 is 0 Å². The maximum Gasteiger partial charge on any atom is 0.330 e. The lowest BCUT2D eigenvalue weighted by Gasteiger charge is -2.14. The summed E-state index contributed by atoms with van der Waals surface area (Å²) in [6.07, 6.45) is -0.204. The van der Waals surface area contributed by atoms with Crippen LogP contribution in [-0.2, 0) is 9.53 Å². The number of carbonyl (C=O) groups is 2. The zero-order chi connectivity index (χ0) is 13.2. The highest BCUT2D eigenvalue weighted by Crippen LogP contribution is 2.13. The number of ether oxygens (including phenoxy) is 1. The van der Waals surface area contributed by atoms with Crippen LogP contribution in [0.3, 0.4) is 0 Å². The number of nitrogens with zero attached hydrogens (tertiary/aromatic N) is 3. The maximum absolute atomic E-state index is 11.7. The normalized spacial score (nSPS) is 12.5. The monoisotopic (exact) mass is 240 g/mol. The topological polar surface area (TPSA) is 100 Å². The van der Waals surface area contributed by atoms with Gasteiger partial charge < -0.3 is 10.5 Å². The number of primary amides is 1. The van der Waals surface area contributed by atoms with Gasteiger partial charge in [0.1, 0.15) is 6.04 Å². The predicted octanol–water partition coefficient (Wildman–Crippen LogP) is 0.198. The molecule has 1 heterocycles. The fourth-order valence-electron chi connectivity index (χ4n) is 1.37. The smallest absolute Gasteiger partial charge is 0.330 e. The van der Waals surface area contributed by atoms with Crippen LogP contribution in [0.15, 0.2) is 0 Å². The minimum Gasteiger partial charge on any atom is -0.461 e. The van der Waals surface area contributed by atoms with Gasteiger partial charge >= 0.3 is 5.97 Å². The average Bonchev–Trinajstić information content (AvgIpc) is 2.57. The number of hydrogen-bond acceptors (Lipinski definition) is 5. The number of rotatable bonds is 4. The quantitative estimate of drug-likeness (QED) is 0.757. The summed E-state index contributed by atoms with van der Waals surface area (Å²) in [5.74, 6) is -1.10. The standard InChI is InChI=1S/C10H16N4O3/c1-5(2)17-10(16)7(4)14-6(3)8(9(11)15)12-13-14/h5,7H,1-4H3,(H2,11,15). The molecule has 7 nitrogen and oxygen atoms in total. The van der Waals surface area contributed by atoms with Crippen LogP contribution in [-0.4, -0.2) is 33.0 Å². The molecule has 0 aromatic carbocycles. The Labute approximate surface area is 98.9 Å². The second-order valence-electron chi connectivity index (χ2n) is 3.99. The summed E-state index contributed by atoms with van der Waals surface area (Å²) in [5.41, 5.74) is 5.63. The van der Waals surface area contributed by atoms with Gasteiger partial charge in [-0.05, 0) is 27.7 Å². The van der Waals surface area contributed by atoms with E-state index in [1.54, 1.807) is 27.7 Å². The molecular formula is C10H16N4O3. The molecule has 0 bridgehead atoms. The molecule has 0 radical (unpaired) electrons. The van der Waals surface area contributed by atoms with Gasteiger partial charge in [0.05, 0.1) is 11.8 Å². The number of hydrogen-bond donors (Lipinski definition) is 1. The second kappa shape index (κ2) is 4.94. The van der Waals surface area contributed by atoms with Crippen molar-refractivity contribution >= 4 is 11.9 Å². The molecule has 0 aliphatic rings. The van der Waals surface area contributed by atoms with Crippen molar-refractivity contribution in [3.05, 3.63) is 11.4 Å². The number of esters is 1. The van der Waals surface area contributed by atoms with Crippen LogP contribution in [0, 0.1) is 6.92 Å². The lowest BCUT2D eigenvalue weighted by atomic mass is 10.3. The molecule has 1 unspecified atom stereocenters. The van der Waals surface area contributed by atoms with Gasteiger partial charge in [0, 0.05) is 0 Å². The van der Waals surface area contributed by atoms with E-state index in [1.165, 1.54) is 4.68 Å². The fourth-order valence-corrected chi connectivity index (χ4v) is 1.37. The van der Waals surface area contributed by atoms with Crippen LogP contribution < -0.4 is 5.73 Å². The maximum atomic E-state index is 11.7. The summed E-state index contributed by atoms with van der Waals surface area (Å²) >= 11 is 0. The lowest BCUT2D eigenvalue weighted by Crippen LogP contribution is -2.24. The Hall–Kier alpha value is -1.92. The van der Waals surface area contributed by atoms with E-state index in [2.05, 4.69) is 10.3 Å². The zero-order valence-corrected chi connectivity index (χ0v) is 10.3. The minimum absolute atomic E-state index is 0.0641. The summed E-state index contributed by atoms with van der Waals surface area (Å²) in [6.45, 7) is 6.76. The van der Waals surface area contributed by atoms with Gasteiger partial charge in [-0.2, -0.15) is 0 Å². The molecule has 1 rings (SSSR count). The third-order valence-electron chi connectivity index (χ3n) is 2.22. The van der Waals surface area contributed by atoms with E-state index < -0.39 is 17.9 Å². The molecule has 17 heavy (non-hydrogen) atoms. The molecule has 1 aromatic rings. The van der Waals surface area contributed by atoms with Crippen LogP contribution in [0.5, 0.6) is 0 Å². The highest BCUT2D eigenvalue weighted by atomic mass is 16.5. The van der Waals surface area contributed by atoms with Crippen LogP contribution in [0.2, 0.25) is 0 Å². The van der Waals surface area contributed by atoms with Crippen LogP contribution in [0.4, 0.5) is 0 Å². The van der Waals surface area contributed by atoms with Gasteiger partial charge in [0.25, 0.3) is 5.91 Å². The van der Waals surface area contributed by atoms with E-state index in [9.17, 15) is 9.59 Å². The number of carbonyl (C=O) groups excluding carboxylic acids is 2. The fraction of sp³-hybridized carbons (Fsp3) is 0.600. The largest absolute Gasteiger partial charge is 0.461 e. The van der Waals surface area contributed by atoms with E-state index in [0.29, 0.717) is 5.69 Å². The Morgan fingerprint density at radius 3 is 2.35 bits per heavy atom. The van der Waals surface area contributed by atoms with Crippen molar-refractivity contribution < 1.29 is 14.3 Å². The number of aromatic nitrogens is 3. The molecule has 0 spiro atoms. The van der Waals surface area contributed by atoms with Crippen molar-refractivity contribution in [2.45, 2.75) is 39.8 Å². The Kier molecular flexibility index (Phi) is 3.82. The average molecular weight is 240 g/mol. The molecule has 94 valence electrons. The summed E-state index contributed by atoms with van der Waals surface area (Å²) < 4.78 is 6.37. The van der Waals surface area contributed by atoms with Gasteiger partial charge in [-0.1, -0.05) is 5.21 Å². The SMILES string of the molecule is Cc1c(C(N)=O)nnn1C(C)C(=O)OC(C)C. The third kappa shape index (κ3) is 2.80. The van der Waals surface area contributed by atoms with E-state index in [0.717, 1.165) is 0 Å². The zero-order valence-electron chi connectivity index (χ0n) is 10.3. The summed E-state index contributed by atoms with van der Waals surface area (Å²) in [7, 11) is 0. The first-order valence-electron chi connectivity index (χ1n) is 5.26. The summed E-state index contributed by atoms with van der Waals surface area (Å²) in [5, 5.41) is 7.36. The van der Waals surface area contributed by atoms with E-state index in [4.69, 9.17) is 10.5 Å². The number of amides is 1. The first kappa shape index (κ1) is 13.1. The van der Waals surface area contributed by atoms with Gasteiger partial charge in [-0.3, -0.25) is 4.79 Å². The molecule has 7 heteroatoms. The first-order valence-corrected chi connectivity index (χ1v) is 5.26. The van der Waals surface area contributed by atoms with Crippen LogP contribution in [0.1, 0.15) is 43.0 Å². The Bertz CT molecular complexity index is 439. The van der Waals surface area contributed by atoms with Gasteiger partial charge in [-0.25, -0.2) is 9.48 Å². The van der Waals surface area contributed by atoms with E-state index in [1.807, 2.05) is 0 Å². The second-order valence-corrected chi connectivity index (χ2v) is 3.99. The lowest BCUT2D eigenvalue weighted by molar-refractivity contribution is -0.151. The van der Waals surface area contributed by atoms with Crippen molar-refractivity contribution in [3.63, 3.8) is 0 Å². The van der Waals surface area contributed by atoms with Crippen molar-refractivity contribution in [2.24, 2.45) is 5.73 Å². The predicted molar refractivity (Wildman–Crippen MR) is 59.2 cm³/mol. The van der Waals surface area contributed by atoms with Crippen molar-refractivity contribution in [3.8, 4) is 0 Å². The van der Waals surface area contributed by atoms with Crippen LogP contribution >= 0.6 is 0 Å². The minimum atomic E-state index is -0.668. The number of nitrogens with two attached hydrogens (primary N) is 1. The Morgan fingerprint density at radius 1 is 1.35 bits per heavy atom. The molecular weight excluding hydrogens is 224 g/mol. The Balaban J connectivity index is 2.93. The molecule has 0 fully saturated rings. The van der Waals surface area contributed by atoms with Crippen molar-refractivity contribution in [1.82, 2.24) is 15.0 Å². The highest BCUT2D eigenvalue weighted by molar-refractivity contribution is 5.91. The van der Waals surface area contributed by atoms with Crippen molar-refractivity contribution in [2.75, 3.05) is 0 Å². The van der Waals surface area contributed by atoms with Crippen LogP contribution in [0.25, 0.3) is 0 Å². The molecule has 0 aliphatic heterocycles. The molecule has 1 amide bonds. The van der Waals surface area contributed by atoms with E-state index in [-0.39, 0.29) is 11.8 Å². The molecule has 1 atom stereocenters. The summed E-state index contributed by atoms with van der Waals surface area (Å²) in [4.78, 5) is 22.7. The van der Waals surface area contributed by atoms with Crippen molar-refractivity contribution in [1.29, 1.82) is 0 Å². The Morgan fingerprint density at radius 2 is 1.94 bits per heavy atom. The van der Waals surface area contributed by atoms with Gasteiger partial charge in [0.15, 0.2) is 5.69 Å².